The molecule has 0 saturated carbocycles. The molecule has 4 aromatic rings. The molecule has 41 heavy (non-hydrogen) atoms. The molecule has 0 aliphatic rings. The van der Waals surface area contributed by atoms with Crippen LogP contribution in [0, 0.1) is 12.0 Å². The van der Waals surface area contributed by atoms with Crippen molar-refractivity contribution < 1.29 is 52.8 Å². The normalized spacial score (nSPS) is 12.7. The number of rotatable bonds is 7. The molecular formula is C20H14F2N6O10S3. The van der Waals surface area contributed by atoms with Crippen LogP contribution in [0.2, 0.25) is 0 Å². The van der Waals surface area contributed by atoms with Crippen LogP contribution in [0.5, 0.6) is 5.75 Å². The summed E-state index contributed by atoms with van der Waals surface area (Å²) in [6.07, 6.45) is -1.43. The van der Waals surface area contributed by atoms with Crippen LogP contribution in [0.3, 0.4) is 0 Å². The van der Waals surface area contributed by atoms with Gasteiger partial charge in [-0.2, -0.15) is 44.0 Å². The Morgan fingerprint density at radius 2 is 1.46 bits per heavy atom. The van der Waals surface area contributed by atoms with E-state index < -0.39 is 96.5 Å². The van der Waals surface area contributed by atoms with E-state index in [-0.39, 0.29) is 5.69 Å². The number of phenolic OH excluding ortho intramolecular Hbond substituents is 1. The number of hydrogen-bond acceptors (Lipinski definition) is 13. The molecule has 21 heteroatoms. The van der Waals surface area contributed by atoms with E-state index in [2.05, 4.69) is 25.5 Å². The molecule has 3 aromatic carbocycles. The van der Waals surface area contributed by atoms with Crippen LogP contribution in [-0.4, -0.2) is 54.0 Å². The van der Waals surface area contributed by atoms with E-state index in [4.69, 9.17) is 5.73 Å². The number of halogens is 2. The van der Waals surface area contributed by atoms with Gasteiger partial charge in [0.25, 0.3) is 30.4 Å². The maximum Gasteiger partial charge on any atom is 0.313 e. The number of aromatic hydroxyl groups is 1. The minimum absolute atomic E-state index is 0.103. The van der Waals surface area contributed by atoms with E-state index in [1.54, 1.807) is 0 Å². The lowest BCUT2D eigenvalue weighted by Crippen LogP contribution is -2.04. The van der Waals surface area contributed by atoms with Crippen molar-refractivity contribution in [2.24, 2.45) is 10.2 Å². The van der Waals surface area contributed by atoms with Crippen LogP contribution in [0.4, 0.5) is 37.3 Å². The molecule has 16 nitrogen and oxygen atoms in total. The minimum Gasteiger partial charge on any atom is -0.507 e. The highest BCUT2D eigenvalue weighted by Gasteiger charge is 2.24. The van der Waals surface area contributed by atoms with Crippen LogP contribution in [0.15, 0.2) is 67.4 Å². The second kappa shape index (κ2) is 10.2. The molecule has 7 N–H and O–H groups in total. The van der Waals surface area contributed by atoms with Crippen LogP contribution in [0.25, 0.3) is 10.8 Å². The molecule has 0 saturated heterocycles. The Bertz CT molecular complexity index is 2090. The Hall–Kier alpha value is -4.41. The van der Waals surface area contributed by atoms with Crippen molar-refractivity contribution in [1.82, 2.24) is 9.97 Å². The van der Waals surface area contributed by atoms with Gasteiger partial charge in [0.15, 0.2) is 0 Å². The molecule has 0 spiro atoms. The van der Waals surface area contributed by atoms with Crippen molar-refractivity contribution in [2.75, 3.05) is 11.1 Å². The molecule has 0 fully saturated rings. The van der Waals surface area contributed by atoms with Gasteiger partial charge in [-0.1, -0.05) is 0 Å². The number of anilines is 3. The molecule has 216 valence electrons. The predicted octanol–water partition coefficient (Wildman–Crippen LogP) is 3.09. The fraction of sp³-hybridized carbons (Fsp3) is 0. The molecule has 0 radical (unpaired) electrons. The zero-order chi connectivity index (χ0) is 30.5. The summed E-state index contributed by atoms with van der Waals surface area (Å²) >= 11 is 0. The number of nitrogens with zero attached hydrogens (tertiary/aromatic N) is 4. The number of nitrogens with two attached hydrogens (primary N) is 1. The topological polar surface area (TPSA) is 272 Å². The first kappa shape index (κ1) is 29.6. The molecule has 0 atom stereocenters. The second-order valence-electron chi connectivity index (χ2n) is 7.96. The van der Waals surface area contributed by atoms with E-state index in [0.29, 0.717) is 24.3 Å². The van der Waals surface area contributed by atoms with Gasteiger partial charge in [0.05, 0.1) is 16.0 Å². The van der Waals surface area contributed by atoms with Crippen molar-refractivity contribution in [3.63, 3.8) is 0 Å². The first-order chi connectivity index (χ1) is 18.8. The molecule has 0 amide bonds. The first-order valence-corrected chi connectivity index (χ1v) is 14.7. The summed E-state index contributed by atoms with van der Waals surface area (Å²) in [7, 11) is -15.0. The van der Waals surface area contributed by atoms with Gasteiger partial charge in [0.1, 0.15) is 32.7 Å². The van der Waals surface area contributed by atoms with Gasteiger partial charge in [0, 0.05) is 17.8 Å². The molecule has 0 bridgehead atoms. The van der Waals surface area contributed by atoms with E-state index in [9.17, 15) is 52.8 Å². The summed E-state index contributed by atoms with van der Waals surface area (Å²) in [5.74, 6) is -2.56. The lowest BCUT2D eigenvalue weighted by molar-refractivity contribution is 0.471. The highest BCUT2D eigenvalue weighted by molar-refractivity contribution is 7.86. The summed E-state index contributed by atoms with van der Waals surface area (Å²) in [4.78, 5) is 3.36. The number of aromatic nitrogens is 2. The Kier molecular flexibility index (Phi) is 7.36. The Morgan fingerprint density at radius 1 is 0.805 bits per heavy atom. The largest absolute Gasteiger partial charge is 0.507 e. The van der Waals surface area contributed by atoms with Gasteiger partial charge < -0.3 is 16.2 Å². The van der Waals surface area contributed by atoms with E-state index >= 15 is 0 Å². The number of azo groups is 1. The maximum atomic E-state index is 13.4. The fourth-order valence-electron chi connectivity index (χ4n) is 3.53. The summed E-state index contributed by atoms with van der Waals surface area (Å²) in [6.45, 7) is 0. The molecule has 4 rings (SSSR count). The number of phenols is 1. The quantitative estimate of drug-likeness (QED) is 0.0562. The summed E-state index contributed by atoms with van der Waals surface area (Å²) in [5, 5.41) is 19.4. The zero-order valence-corrected chi connectivity index (χ0v) is 22.1. The van der Waals surface area contributed by atoms with Crippen LogP contribution in [0.1, 0.15) is 0 Å². The van der Waals surface area contributed by atoms with Gasteiger partial charge in [-0.05, 0) is 35.7 Å². The second-order valence-corrected chi connectivity index (χ2v) is 12.2. The number of nitrogens with one attached hydrogen (secondary N) is 1. The lowest BCUT2D eigenvalue weighted by Gasteiger charge is -2.12. The average molecular weight is 633 g/mol. The number of hydrogen-bond donors (Lipinski definition) is 6. The number of benzene rings is 3. The summed E-state index contributed by atoms with van der Waals surface area (Å²) in [6, 6.07) is 5.41. The highest BCUT2D eigenvalue weighted by Crippen LogP contribution is 2.44. The van der Waals surface area contributed by atoms with Crippen LogP contribution in [-0.2, 0) is 30.4 Å². The van der Waals surface area contributed by atoms with E-state index in [1.807, 2.05) is 0 Å². The van der Waals surface area contributed by atoms with E-state index in [0.717, 1.165) is 18.2 Å². The van der Waals surface area contributed by atoms with Gasteiger partial charge in [-0.3, -0.25) is 13.7 Å². The van der Waals surface area contributed by atoms with Crippen molar-refractivity contribution in [1.29, 1.82) is 0 Å². The fourth-order valence-corrected chi connectivity index (χ4v) is 5.32. The Morgan fingerprint density at radius 3 is 2.05 bits per heavy atom. The number of nitrogen functional groups attached to an aromatic ring is 1. The number of fused-ring (bicyclic) bond motifs is 1. The van der Waals surface area contributed by atoms with Crippen molar-refractivity contribution in [2.45, 2.75) is 14.7 Å². The Balaban J connectivity index is 1.96. The monoisotopic (exact) mass is 632 g/mol. The zero-order valence-electron chi connectivity index (χ0n) is 19.6. The maximum absolute atomic E-state index is 13.4. The third-order valence-electron chi connectivity index (χ3n) is 5.18. The smallest absolute Gasteiger partial charge is 0.313 e. The molecule has 0 aliphatic carbocycles. The molecule has 0 aliphatic heterocycles. The Labute approximate surface area is 228 Å². The minimum atomic E-state index is -5.11. The van der Waals surface area contributed by atoms with Crippen LogP contribution >= 0.6 is 0 Å². The van der Waals surface area contributed by atoms with Gasteiger partial charge in [-0.25, -0.2) is 0 Å². The molecular weight excluding hydrogens is 618 g/mol. The van der Waals surface area contributed by atoms with Gasteiger partial charge in [-0.15, -0.1) is 10.2 Å². The van der Waals surface area contributed by atoms with Crippen molar-refractivity contribution in [3.8, 4) is 5.75 Å². The third-order valence-corrected chi connectivity index (χ3v) is 7.80. The predicted molar refractivity (Wildman–Crippen MR) is 135 cm³/mol. The third kappa shape index (κ3) is 6.34. The van der Waals surface area contributed by atoms with Crippen molar-refractivity contribution in [3.05, 3.63) is 54.5 Å². The lowest BCUT2D eigenvalue weighted by atomic mass is 10.1. The van der Waals surface area contributed by atoms with Gasteiger partial charge >= 0.3 is 6.08 Å². The summed E-state index contributed by atoms with van der Waals surface area (Å²) in [5.41, 5.74) is 3.54. The molecule has 0 unspecified atom stereocenters. The first-order valence-electron chi connectivity index (χ1n) is 10.4. The standard InChI is InChI=1S/C20H14F2N6O10S3/c21-15-7-16(26-20(22)25-15)24-9-1-2-13(40(33,34)35)11(5-9)27-28-19-17-8(4-14(18(19)23)41(36,37)38)3-10(6-12(17)29)39(30,31)32/h1-7,29H,23H2,(H,24,25,26)(H,30,31,32)(H,33,34,35)(H,36,37,38). The molecule has 1 heterocycles. The SMILES string of the molecule is Nc1c(S(=O)(=O)O)cc2cc(S(=O)(=O)O)cc(O)c2c1N=Nc1cc(Nc2cc(F)nc(F)n2)ccc1S(=O)(=O)O. The van der Waals surface area contributed by atoms with E-state index in [1.165, 1.54) is 0 Å². The summed E-state index contributed by atoms with van der Waals surface area (Å²) < 4.78 is 126. The molecule has 1 aromatic heterocycles. The van der Waals surface area contributed by atoms with Crippen molar-refractivity contribution >= 4 is 69.7 Å². The van der Waals surface area contributed by atoms with Gasteiger partial charge in [0.2, 0.25) is 5.95 Å². The highest BCUT2D eigenvalue weighted by atomic mass is 32.2. The average Bonchev–Trinajstić information content (AvgIpc) is 2.80. The van der Waals surface area contributed by atoms with Crippen LogP contribution < -0.4 is 11.1 Å².